The van der Waals surface area contributed by atoms with Gasteiger partial charge in [-0.05, 0) is 77.0 Å². The fourth-order valence-electron chi connectivity index (χ4n) is 7.73. The second kappa shape index (κ2) is 51.0. The highest BCUT2D eigenvalue weighted by Gasteiger charge is 2.24. The molecule has 0 bridgehead atoms. The number of unbranched alkanes of at least 4 members (excludes halogenated alkanes) is 25. The summed E-state index contributed by atoms with van der Waals surface area (Å²) in [5.74, 6) is -0.523. The van der Waals surface area contributed by atoms with Crippen LogP contribution in [0.15, 0.2) is 85.1 Å². The fraction of sp³-hybridized carbons (Fsp3) is 0.724. The molecule has 0 radical (unpaired) electrons. The Morgan fingerprint density at radius 2 is 0.891 bits per heavy atom. The van der Waals surface area contributed by atoms with Gasteiger partial charge in [-0.3, -0.25) is 9.59 Å². The summed E-state index contributed by atoms with van der Waals surface area (Å²) >= 11 is 0. The Hall–Kier alpha value is -2.96. The van der Waals surface area contributed by atoms with Crippen LogP contribution in [-0.4, -0.2) is 46.9 Å². The Morgan fingerprint density at radius 3 is 1.44 bits per heavy atom. The molecule has 6 heteroatoms. The molecule has 0 spiro atoms. The maximum absolute atomic E-state index is 13.2. The molecule has 3 unspecified atom stereocenters. The maximum Gasteiger partial charge on any atom is 0.306 e. The molecule has 3 N–H and O–H groups in total. The van der Waals surface area contributed by atoms with Gasteiger partial charge in [0.15, 0.2) is 0 Å². The second-order valence-electron chi connectivity index (χ2n) is 18.0. The van der Waals surface area contributed by atoms with Crippen molar-refractivity contribution in [3.63, 3.8) is 0 Å². The first-order valence-corrected chi connectivity index (χ1v) is 26.9. The number of hydrogen-bond donors (Lipinski definition) is 3. The summed E-state index contributed by atoms with van der Waals surface area (Å²) in [6, 6.07) is -0.720. The van der Waals surface area contributed by atoms with E-state index in [0.717, 1.165) is 77.0 Å². The van der Waals surface area contributed by atoms with Gasteiger partial charge in [0.1, 0.15) is 6.10 Å². The van der Waals surface area contributed by atoms with Gasteiger partial charge in [0, 0.05) is 6.42 Å². The number of carbonyl (C=O) groups excluding carboxylic acids is 2. The van der Waals surface area contributed by atoms with Crippen LogP contribution in [0.1, 0.15) is 245 Å². The van der Waals surface area contributed by atoms with Crippen LogP contribution in [0.5, 0.6) is 0 Å². The summed E-state index contributed by atoms with van der Waals surface area (Å²) in [4.78, 5) is 26.2. The third-order valence-electron chi connectivity index (χ3n) is 11.8. The van der Waals surface area contributed by atoms with E-state index in [2.05, 4.69) is 74.7 Å². The normalized spacial score (nSPS) is 13.9. The van der Waals surface area contributed by atoms with E-state index in [0.29, 0.717) is 19.3 Å². The van der Waals surface area contributed by atoms with Gasteiger partial charge in [-0.1, -0.05) is 241 Å². The highest BCUT2D eigenvalue weighted by atomic mass is 16.5. The van der Waals surface area contributed by atoms with Crippen molar-refractivity contribution < 1.29 is 24.5 Å². The van der Waals surface area contributed by atoms with Crippen molar-refractivity contribution in [3.8, 4) is 0 Å². The van der Waals surface area contributed by atoms with E-state index in [-0.39, 0.29) is 24.9 Å². The van der Waals surface area contributed by atoms with E-state index < -0.39 is 18.2 Å². The van der Waals surface area contributed by atoms with Crippen molar-refractivity contribution in [1.29, 1.82) is 0 Å². The summed E-state index contributed by atoms with van der Waals surface area (Å²) in [6.07, 6.45) is 66.4. The lowest BCUT2D eigenvalue weighted by Gasteiger charge is -2.24. The number of amides is 1. The molecule has 0 fully saturated rings. The van der Waals surface area contributed by atoms with Gasteiger partial charge in [0.25, 0.3) is 0 Å². The predicted molar refractivity (Wildman–Crippen MR) is 278 cm³/mol. The molecule has 0 heterocycles. The van der Waals surface area contributed by atoms with Crippen LogP contribution in [-0.2, 0) is 14.3 Å². The van der Waals surface area contributed by atoms with Gasteiger partial charge in [0.05, 0.1) is 25.2 Å². The highest BCUT2D eigenvalue weighted by molar-refractivity contribution is 5.77. The standard InChI is InChI=1S/C58H101NO5/c1-4-7-10-13-16-19-22-24-26-28-29-30-32-34-36-39-42-45-48-51-58(63)64-54(49-46-43-40-37-35-33-31-27-25-23-20-17-14-11-8-5-2)52-57(62)59-55(53-60)56(61)50-47-44-41-38-21-18-15-12-9-6-3/h11,14,16-17,19-20,23-27,31,33,35,54-56,60-61H,4-10,12-13,15,18,21-22,28-30,32,34,36-53H2,1-3H3,(H,59,62)/b14-11+,19-16-,20-17+,25-23+,26-24-,31-27+,35-33+. The summed E-state index contributed by atoms with van der Waals surface area (Å²) in [5.41, 5.74) is 0. The molecule has 0 aromatic rings. The molecule has 0 aromatic heterocycles. The van der Waals surface area contributed by atoms with Gasteiger partial charge in [-0.25, -0.2) is 0 Å². The summed E-state index contributed by atoms with van der Waals surface area (Å²) in [6.45, 7) is 6.35. The monoisotopic (exact) mass is 892 g/mol. The van der Waals surface area contributed by atoms with Gasteiger partial charge in [-0.15, -0.1) is 0 Å². The molecule has 0 rings (SSSR count). The zero-order valence-electron chi connectivity index (χ0n) is 41.9. The fourth-order valence-corrected chi connectivity index (χ4v) is 7.73. The summed E-state index contributed by atoms with van der Waals surface area (Å²) in [7, 11) is 0. The van der Waals surface area contributed by atoms with E-state index >= 15 is 0 Å². The first kappa shape index (κ1) is 61.0. The SMILES string of the molecule is CCC/C=C/C=C/C=C/C=C/C=C/CCCCCC(CC(=O)NC(CO)C(O)CCCCCCCCCCCC)OC(=O)CCCCCCCCCCC/C=C\C/C=C\CCCCC. The molecule has 64 heavy (non-hydrogen) atoms. The topological polar surface area (TPSA) is 95.9 Å². The van der Waals surface area contributed by atoms with Crippen LogP contribution in [0, 0.1) is 0 Å². The smallest absolute Gasteiger partial charge is 0.306 e. The van der Waals surface area contributed by atoms with Crippen molar-refractivity contribution in [3.05, 3.63) is 85.1 Å². The van der Waals surface area contributed by atoms with Crippen molar-refractivity contribution in [2.75, 3.05) is 6.61 Å². The third kappa shape index (κ3) is 45.6. The molecule has 0 aliphatic heterocycles. The zero-order chi connectivity index (χ0) is 46.7. The van der Waals surface area contributed by atoms with Crippen molar-refractivity contribution in [2.24, 2.45) is 0 Å². The molecule has 0 saturated carbocycles. The minimum atomic E-state index is -0.803. The highest BCUT2D eigenvalue weighted by Crippen LogP contribution is 2.17. The third-order valence-corrected chi connectivity index (χ3v) is 11.8. The molecule has 368 valence electrons. The number of aliphatic hydroxyl groups is 2. The van der Waals surface area contributed by atoms with E-state index in [1.165, 1.54) is 122 Å². The maximum atomic E-state index is 13.2. The Kier molecular flexibility index (Phi) is 48.7. The molecule has 0 aliphatic carbocycles. The number of ether oxygens (including phenoxy) is 1. The second-order valence-corrected chi connectivity index (χ2v) is 18.0. The van der Waals surface area contributed by atoms with Crippen molar-refractivity contribution in [1.82, 2.24) is 5.32 Å². The van der Waals surface area contributed by atoms with Crippen LogP contribution in [0.4, 0.5) is 0 Å². The molecule has 6 nitrogen and oxygen atoms in total. The molecule has 3 atom stereocenters. The van der Waals surface area contributed by atoms with Gasteiger partial charge in [0.2, 0.25) is 5.91 Å². The van der Waals surface area contributed by atoms with E-state index in [9.17, 15) is 19.8 Å². The number of hydrogen-bond acceptors (Lipinski definition) is 5. The van der Waals surface area contributed by atoms with E-state index in [1.807, 2.05) is 36.5 Å². The number of esters is 1. The van der Waals surface area contributed by atoms with Gasteiger partial charge >= 0.3 is 5.97 Å². The van der Waals surface area contributed by atoms with E-state index in [4.69, 9.17) is 4.74 Å². The van der Waals surface area contributed by atoms with Crippen LogP contribution in [0.25, 0.3) is 0 Å². The number of rotatable bonds is 47. The molecular weight excluding hydrogens is 791 g/mol. The van der Waals surface area contributed by atoms with Gasteiger partial charge < -0.3 is 20.3 Å². The number of aliphatic hydroxyl groups excluding tert-OH is 2. The first-order valence-electron chi connectivity index (χ1n) is 26.9. The van der Waals surface area contributed by atoms with Crippen molar-refractivity contribution in [2.45, 2.75) is 264 Å². The zero-order valence-corrected chi connectivity index (χ0v) is 41.9. The van der Waals surface area contributed by atoms with Gasteiger partial charge in [-0.2, -0.15) is 0 Å². The van der Waals surface area contributed by atoms with Crippen LogP contribution in [0.3, 0.4) is 0 Å². The van der Waals surface area contributed by atoms with Crippen LogP contribution in [0.2, 0.25) is 0 Å². The Balaban J connectivity index is 4.65. The average Bonchev–Trinajstić information content (AvgIpc) is 3.29. The van der Waals surface area contributed by atoms with E-state index in [1.54, 1.807) is 0 Å². The van der Waals surface area contributed by atoms with Crippen molar-refractivity contribution >= 4 is 11.9 Å². The predicted octanol–water partition coefficient (Wildman–Crippen LogP) is 16.3. The lowest BCUT2D eigenvalue weighted by molar-refractivity contribution is -0.151. The number of allylic oxidation sites excluding steroid dienone is 14. The summed E-state index contributed by atoms with van der Waals surface area (Å²) < 4.78 is 5.93. The molecule has 0 aliphatic rings. The molecular formula is C58H101NO5. The number of carbonyl (C=O) groups is 2. The van der Waals surface area contributed by atoms with Crippen LogP contribution < -0.4 is 5.32 Å². The molecule has 0 aromatic carbocycles. The summed E-state index contributed by atoms with van der Waals surface area (Å²) in [5, 5.41) is 23.7. The lowest BCUT2D eigenvalue weighted by Crippen LogP contribution is -2.46. The Morgan fingerprint density at radius 1 is 0.469 bits per heavy atom. The minimum absolute atomic E-state index is 0.0441. The lowest BCUT2D eigenvalue weighted by atomic mass is 10.0. The molecule has 1 amide bonds. The number of nitrogens with one attached hydrogen (secondary N) is 1. The molecule has 0 saturated heterocycles. The Labute approximate surface area is 395 Å². The average molecular weight is 892 g/mol. The largest absolute Gasteiger partial charge is 0.462 e. The quantitative estimate of drug-likeness (QED) is 0.0245. The van der Waals surface area contributed by atoms with Crippen LogP contribution >= 0.6 is 0 Å². The minimum Gasteiger partial charge on any atom is -0.462 e. The first-order chi connectivity index (χ1) is 31.5. The Bertz CT molecular complexity index is 1230.